The van der Waals surface area contributed by atoms with E-state index in [0.717, 1.165) is 51.3 Å². The van der Waals surface area contributed by atoms with Crippen LogP contribution in [0, 0.1) is 11.6 Å². The van der Waals surface area contributed by atoms with Gasteiger partial charge in [-0.05, 0) is 87.3 Å². The highest BCUT2D eigenvalue weighted by molar-refractivity contribution is 6.09. The van der Waals surface area contributed by atoms with Crippen LogP contribution in [0.25, 0.3) is 0 Å². The lowest BCUT2D eigenvalue weighted by atomic mass is 9.74. The summed E-state index contributed by atoms with van der Waals surface area (Å²) in [5.74, 6) is 0.671. The maximum atomic E-state index is 14.0. The number of para-hydroxylation sites is 1. The minimum absolute atomic E-state index is 0.116. The van der Waals surface area contributed by atoms with Gasteiger partial charge in [0.2, 0.25) is 0 Å². The summed E-state index contributed by atoms with van der Waals surface area (Å²) in [6.45, 7) is 5.99. The Morgan fingerprint density at radius 1 is 0.868 bits per heavy atom. The second kappa shape index (κ2) is 9.62. The molecule has 0 N–H and O–H groups in total. The van der Waals surface area contributed by atoms with E-state index in [1.807, 2.05) is 13.0 Å². The number of hydrogen-bond acceptors (Lipinski definition) is 4. The zero-order valence-corrected chi connectivity index (χ0v) is 21.5. The highest BCUT2D eigenvalue weighted by Crippen LogP contribution is 2.45. The van der Waals surface area contributed by atoms with Gasteiger partial charge in [0.1, 0.15) is 23.2 Å². The van der Waals surface area contributed by atoms with Crippen LogP contribution >= 0.6 is 0 Å². The van der Waals surface area contributed by atoms with E-state index in [4.69, 9.17) is 9.73 Å². The number of likely N-dealkylation sites (tertiary alicyclic amines) is 1. The summed E-state index contributed by atoms with van der Waals surface area (Å²) in [6, 6.07) is 20.1. The van der Waals surface area contributed by atoms with E-state index < -0.39 is 5.54 Å². The number of benzene rings is 3. The van der Waals surface area contributed by atoms with Crippen molar-refractivity contribution in [3.8, 4) is 5.75 Å². The molecule has 0 unspecified atom stereocenters. The number of amidine groups is 1. The molecule has 1 spiro atoms. The van der Waals surface area contributed by atoms with Crippen molar-refractivity contribution in [2.45, 2.75) is 37.1 Å². The van der Waals surface area contributed by atoms with Crippen LogP contribution in [-0.2, 0) is 15.7 Å². The van der Waals surface area contributed by atoms with Gasteiger partial charge in [-0.15, -0.1) is 0 Å². The predicted molar refractivity (Wildman–Crippen MR) is 142 cm³/mol. The number of amides is 1. The number of ether oxygens (including phenoxy) is 1. The molecule has 0 aliphatic carbocycles. The first-order chi connectivity index (χ1) is 18.4. The summed E-state index contributed by atoms with van der Waals surface area (Å²) >= 11 is 0. The Morgan fingerprint density at radius 3 is 2.11 bits per heavy atom. The van der Waals surface area contributed by atoms with Crippen molar-refractivity contribution >= 4 is 11.7 Å². The SMILES string of the molecule is CC1=NC(c2ccc(F)cc2)(c2ccc(F)cc2)C(=O)N1CCCN1CCC2(CC1)COc1ccccc12. The smallest absolute Gasteiger partial charge is 0.265 e. The van der Waals surface area contributed by atoms with E-state index in [1.54, 1.807) is 29.2 Å². The highest BCUT2D eigenvalue weighted by Gasteiger charge is 2.50. The first kappa shape index (κ1) is 24.7. The molecular weight excluding hydrogens is 484 g/mol. The third-order valence-electron chi connectivity index (χ3n) is 8.43. The Labute approximate surface area is 221 Å². The van der Waals surface area contributed by atoms with Gasteiger partial charge in [0.05, 0.1) is 6.61 Å². The van der Waals surface area contributed by atoms with Gasteiger partial charge in [0.15, 0.2) is 5.54 Å². The van der Waals surface area contributed by atoms with Crippen LogP contribution in [0.15, 0.2) is 77.8 Å². The summed E-state index contributed by atoms with van der Waals surface area (Å²) < 4.78 is 33.4. The number of aliphatic imine (C=N–C) groups is 1. The molecule has 0 atom stereocenters. The zero-order chi connectivity index (χ0) is 26.3. The lowest BCUT2D eigenvalue weighted by Crippen LogP contribution is -2.45. The summed E-state index contributed by atoms with van der Waals surface area (Å²) in [4.78, 5) is 23.0. The number of piperidine rings is 1. The molecule has 0 saturated carbocycles. The van der Waals surface area contributed by atoms with Gasteiger partial charge in [-0.3, -0.25) is 9.69 Å². The van der Waals surface area contributed by atoms with Crippen molar-refractivity contribution in [1.82, 2.24) is 9.80 Å². The summed E-state index contributed by atoms with van der Waals surface area (Å²) in [6.07, 6.45) is 2.93. The Kier molecular flexibility index (Phi) is 6.26. The third kappa shape index (κ3) is 4.09. The second-order valence-electron chi connectivity index (χ2n) is 10.6. The Hall–Kier alpha value is -3.58. The van der Waals surface area contributed by atoms with Gasteiger partial charge in [0, 0.05) is 17.5 Å². The van der Waals surface area contributed by atoms with E-state index in [-0.39, 0.29) is 23.0 Å². The van der Waals surface area contributed by atoms with Crippen molar-refractivity contribution in [2.75, 3.05) is 32.8 Å². The van der Waals surface area contributed by atoms with Crippen molar-refractivity contribution < 1.29 is 18.3 Å². The largest absolute Gasteiger partial charge is 0.492 e. The second-order valence-corrected chi connectivity index (χ2v) is 10.6. The van der Waals surface area contributed by atoms with Crippen molar-refractivity contribution in [3.63, 3.8) is 0 Å². The molecule has 0 radical (unpaired) electrons. The Morgan fingerprint density at radius 2 is 1.47 bits per heavy atom. The standard InChI is InChI=1S/C31H31F2N3O2/c1-22-34-31(23-7-11-25(32)12-8-23,24-9-13-26(33)14-10-24)29(37)36(22)18-4-17-35-19-15-30(16-20-35)21-38-28-6-3-2-5-27(28)30/h2-3,5-14H,4,15-21H2,1H3. The predicted octanol–water partition coefficient (Wildman–Crippen LogP) is 5.29. The fraction of sp³-hybridized carbons (Fsp3) is 0.355. The molecule has 6 rings (SSSR count). The van der Waals surface area contributed by atoms with Crippen LogP contribution in [0.3, 0.4) is 0 Å². The highest BCUT2D eigenvalue weighted by atomic mass is 19.1. The molecule has 3 aromatic rings. The molecular formula is C31H31F2N3O2. The number of carbonyl (C=O) groups is 1. The molecule has 0 bridgehead atoms. The lowest BCUT2D eigenvalue weighted by molar-refractivity contribution is -0.130. The molecule has 3 aliphatic rings. The molecule has 3 heterocycles. The number of fused-ring (bicyclic) bond motifs is 2. The van der Waals surface area contributed by atoms with E-state index in [0.29, 0.717) is 23.5 Å². The maximum absolute atomic E-state index is 14.0. The summed E-state index contributed by atoms with van der Waals surface area (Å²) in [5.41, 5.74) is 1.24. The summed E-state index contributed by atoms with van der Waals surface area (Å²) in [7, 11) is 0. The van der Waals surface area contributed by atoms with Crippen molar-refractivity contribution in [1.29, 1.82) is 0 Å². The molecule has 3 aromatic carbocycles. The average Bonchev–Trinajstić information content (AvgIpc) is 3.41. The zero-order valence-electron chi connectivity index (χ0n) is 21.5. The number of nitrogens with zero attached hydrogens (tertiary/aromatic N) is 3. The molecule has 1 saturated heterocycles. The molecule has 196 valence electrons. The molecule has 0 aromatic heterocycles. The fourth-order valence-electron chi connectivity index (χ4n) is 6.28. The molecule has 1 amide bonds. The van der Waals surface area contributed by atoms with Crippen molar-refractivity contribution in [2.24, 2.45) is 4.99 Å². The van der Waals surface area contributed by atoms with Crippen LogP contribution in [0.5, 0.6) is 5.75 Å². The number of carbonyl (C=O) groups excluding carboxylic acids is 1. The molecule has 38 heavy (non-hydrogen) atoms. The summed E-state index contributed by atoms with van der Waals surface area (Å²) in [5, 5.41) is 0. The first-order valence-electron chi connectivity index (χ1n) is 13.3. The van der Waals surface area contributed by atoms with Crippen molar-refractivity contribution in [3.05, 3.63) is 101 Å². The minimum atomic E-state index is -1.35. The quantitative estimate of drug-likeness (QED) is 0.449. The van der Waals surface area contributed by atoms with Gasteiger partial charge >= 0.3 is 0 Å². The first-order valence-corrected chi connectivity index (χ1v) is 13.3. The Bertz CT molecular complexity index is 1320. The van der Waals surface area contributed by atoms with Crippen LogP contribution in [-0.4, -0.2) is 54.3 Å². The number of hydrogen-bond donors (Lipinski definition) is 0. The molecule has 7 heteroatoms. The van der Waals surface area contributed by atoms with E-state index in [2.05, 4.69) is 23.1 Å². The number of rotatable bonds is 6. The van der Waals surface area contributed by atoms with Gasteiger partial charge in [0.25, 0.3) is 5.91 Å². The van der Waals surface area contributed by atoms with Crippen LogP contribution in [0.1, 0.15) is 42.9 Å². The molecule has 1 fully saturated rings. The van der Waals surface area contributed by atoms with Gasteiger partial charge in [-0.25, -0.2) is 13.8 Å². The van der Waals surface area contributed by atoms with E-state index in [1.165, 1.54) is 29.8 Å². The topological polar surface area (TPSA) is 45.1 Å². The van der Waals surface area contributed by atoms with Crippen LogP contribution in [0.2, 0.25) is 0 Å². The van der Waals surface area contributed by atoms with Gasteiger partial charge in [-0.1, -0.05) is 42.5 Å². The van der Waals surface area contributed by atoms with Crippen LogP contribution < -0.4 is 4.74 Å². The Balaban J connectivity index is 1.14. The normalized spacial score (nSPS) is 19.9. The van der Waals surface area contributed by atoms with E-state index in [9.17, 15) is 13.6 Å². The third-order valence-corrected chi connectivity index (χ3v) is 8.43. The monoisotopic (exact) mass is 515 g/mol. The maximum Gasteiger partial charge on any atom is 0.265 e. The lowest BCUT2D eigenvalue weighted by Gasteiger charge is -2.38. The van der Waals surface area contributed by atoms with Gasteiger partial charge in [-0.2, -0.15) is 0 Å². The van der Waals surface area contributed by atoms with E-state index >= 15 is 0 Å². The molecule has 5 nitrogen and oxygen atoms in total. The molecule has 3 aliphatic heterocycles. The minimum Gasteiger partial charge on any atom is -0.492 e. The van der Waals surface area contributed by atoms with Crippen LogP contribution in [0.4, 0.5) is 8.78 Å². The fourth-order valence-corrected chi connectivity index (χ4v) is 6.28. The van der Waals surface area contributed by atoms with Gasteiger partial charge < -0.3 is 9.64 Å². The average molecular weight is 516 g/mol. The number of halogens is 2.